The molecule has 1 aromatic rings. The van der Waals surface area contributed by atoms with Gasteiger partial charge in [-0.25, -0.2) is 8.42 Å². The lowest BCUT2D eigenvalue weighted by Crippen LogP contribution is -2.46. The van der Waals surface area contributed by atoms with Gasteiger partial charge in [-0.05, 0) is 31.0 Å². The second kappa shape index (κ2) is 8.37. The van der Waals surface area contributed by atoms with Crippen molar-refractivity contribution in [2.45, 2.75) is 30.6 Å². The molecule has 0 bridgehead atoms. The average Bonchev–Trinajstić information content (AvgIpc) is 2.97. The predicted molar refractivity (Wildman–Crippen MR) is 99.0 cm³/mol. The monoisotopic (exact) mass is 381 g/mol. The van der Waals surface area contributed by atoms with E-state index in [1.54, 1.807) is 17.0 Å². The van der Waals surface area contributed by atoms with Crippen LogP contribution in [-0.4, -0.2) is 69.9 Å². The molecule has 2 heterocycles. The van der Waals surface area contributed by atoms with Crippen LogP contribution in [-0.2, 0) is 10.0 Å². The Morgan fingerprint density at radius 2 is 1.69 bits per heavy atom. The fraction of sp³-hybridized carbons (Fsp3) is 0.611. The molecule has 2 aliphatic rings. The first kappa shape index (κ1) is 19.1. The molecule has 2 saturated heterocycles. The van der Waals surface area contributed by atoms with Gasteiger partial charge in [0.25, 0.3) is 5.91 Å². The summed E-state index contributed by atoms with van der Waals surface area (Å²) in [5.41, 5.74) is 0.390. The number of hydrogen-bond donors (Lipinski definition) is 1. The van der Waals surface area contributed by atoms with Crippen LogP contribution in [0.4, 0.5) is 0 Å². The highest BCUT2D eigenvalue weighted by Gasteiger charge is 2.30. The lowest BCUT2D eigenvalue weighted by molar-refractivity contribution is 0.0735. The molecule has 1 amide bonds. The van der Waals surface area contributed by atoms with Crippen molar-refractivity contribution in [3.05, 3.63) is 23.8 Å². The van der Waals surface area contributed by atoms with E-state index in [1.807, 2.05) is 0 Å². The van der Waals surface area contributed by atoms with Crippen molar-refractivity contribution in [1.82, 2.24) is 14.5 Å². The second-order valence-corrected chi connectivity index (χ2v) is 8.63. The Hall–Kier alpha value is -1.64. The van der Waals surface area contributed by atoms with Gasteiger partial charge in [-0.3, -0.25) is 4.79 Å². The topological polar surface area (TPSA) is 79.0 Å². The molecular weight excluding hydrogens is 354 g/mol. The number of carbonyl (C=O) groups is 1. The van der Waals surface area contributed by atoms with Crippen LogP contribution in [0.5, 0.6) is 5.75 Å². The molecule has 3 rings (SSSR count). The van der Waals surface area contributed by atoms with Crippen LogP contribution >= 0.6 is 0 Å². The molecule has 0 spiro atoms. The summed E-state index contributed by atoms with van der Waals surface area (Å²) in [6.07, 6.45) is 3.82. The van der Waals surface area contributed by atoms with E-state index in [0.29, 0.717) is 31.7 Å². The van der Waals surface area contributed by atoms with Gasteiger partial charge in [0.2, 0.25) is 10.0 Å². The van der Waals surface area contributed by atoms with Crippen LogP contribution in [0.15, 0.2) is 23.1 Å². The lowest BCUT2D eigenvalue weighted by Gasteiger charge is -2.28. The minimum absolute atomic E-state index is 0.0860. The largest absolute Gasteiger partial charge is 0.495 e. The minimum atomic E-state index is -3.69. The van der Waals surface area contributed by atoms with E-state index in [9.17, 15) is 13.2 Å². The molecule has 144 valence electrons. The van der Waals surface area contributed by atoms with Crippen molar-refractivity contribution >= 4 is 15.9 Å². The van der Waals surface area contributed by atoms with Crippen LogP contribution in [0, 0.1) is 0 Å². The SMILES string of the molecule is COc1ccc(C(=O)N2CCNCC2)cc1S(=O)(=O)N1CCCCCC1. The number of piperazine rings is 1. The van der Waals surface area contributed by atoms with Gasteiger partial charge in [0, 0.05) is 44.8 Å². The number of rotatable bonds is 4. The van der Waals surface area contributed by atoms with E-state index in [4.69, 9.17) is 4.74 Å². The summed E-state index contributed by atoms with van der Waals surface area (Å²) in [5.74, 6) is 0.146. The zero-order valence-corrected chi connectivity index (χ0v) is 16.1. The highest BCUT2D eigenvalue weighted by atomic mass is 32.2. The van der Waals surface area contributed by atoms with Crippen LogP contribution < -0.4 is 10.1 Å². The van der Waals surface area contributed by atoms with Gasteiger partial charge in [0.1, 0.15) is 10.6 Å². The molecule has 0 atom stereocenters. The first-order chi connectivity index (χ1) is 12.5. The van der Waals surface area contributed by atoms with E-state index >= 15 is 0 Å². The molecule has 0 radical (unpaired) electrons. The van der Waals surface area contributed by atoms with Crippen molar-refractivity contribution in [2.24, 2.45) is 0 Å². The fourth-order valence-corrected chi connectivity index (χ4v) is 5.18. The van der Waals surface area contributed by atoms with E-state index < -0.39 is 10.0 Å². The maximum atomic E-state index is 13.2. The molecule has 26 heavy (non-hydrogen) atoms. The number of sulfonamides is 1. The number of amides is 1. The van der Waals surface area contributed by atoms with Crippen molar-refractivity contribution < 1.29 is 17.9 Å². The Kier molecular flexibility index (Phi) is 6.16. The third kappa shape index (κ3) is 4.02. The second-order valence-electron chi connectivity index (χ2n) is 6.73. The number of benzene rings is 1. The van der Waals surface area contributed by atoms with E-state index in [0.717, 1.165) is 38.8 Å². The fourth-order valence-electron chi connectivity index (χ4n) is 3.48. The summed E-state index contributed by atoms with van der Waals surface area (Å²) in [7, 11) is -2.24. The molecule has 2 fully saturated rings. The molecule has 1 N–H and O–H groups in total. The number of hydrogen-bond acceptors (Lipinski definition) is 5. The average molecular weight is 381 g/mol. The summed E-state index contributed by atoms with van der Waals surface area (Å²) >= 11 is 0. The smallest absolute Gasteiger partial charge is 0.253 e. The minimum Gasteiger partial charge on any atom is -0.495 e. The maximum Gasteiger partial charge on any atom is 0.253 e. The quantitative estimate of drug-likeness (QED) is 0.851. The highest BCUT2D eigenvalue weighted by Crippen LogP contribution is 2.29. The number of carbonyl (C=O) groups excluding carboxylic acids is 1. The summed E-state index contributed by atoms with van der Waals surface area (Å²) in [6, 6.07) is 4.70. The molecule has 0 aliphatic carbocycles. The Bertz CT molecular complexity index is 737. The van der Waals surface area contributed by atoms with Crippen LogP contribution in [0.1, 0.15) is 36.0 Å². The van der Waals surface area contributed by atoms with Gasteiger partial charge >= 0.3 is 0 Å². The Labute approximate surface area is 155 Å². The number of methoxy groups -OCH3 is 1. The Morgan fingerprint density at radius 1 is 1.04 bits per heavy atom. The van der Waals surface area contributed by atoms with Crippen molar-refractivity contribution in [1.29, 1.82) is 0 Å². The van der Waals surface area contributed by atoms with Crippen LogP contribution in [0.25, 0.3) is 0 Å². The van der Waals surface area contributed by atoms with Crippen molar-refractivity contribution in [2.75, 3.05) is 46.4 Å². The lowest BCUT2D eigenvalue weighted by atomic mass is 10.1. The molecule has 0 unspecified atom stereocenters. The predicted octanol–water partition coefficient (Wildman–Crippen LogP) is 1.31. The maximum absolute atomic E-state index is 13.2. The molecule has 1 aromatic carbocycles. The molecular formula is C18H27N3O4S. The first-order valence-corrected chi connectivity index (χ1v) is 10.7. The van der Waals surface area contributed by atoms with Gasteiger partial charge in [0.15, 0.2) is 0 Å². The van der Waals surface area contributed by atoms with Gasteiger partial charge in [-0.15, -0.1) is 0 Å². The van der Waals surface area contributed by atoms with Crippen molar-refractivity contribution in [3.63, 3.8) is 0 Å². The van der Waals surface area contributed by atoms with Gasteiger partial charge < -0.3 is 15.0 Å². The molecule has 0 saturated carbocycles. The van der Waals surface area contributed by atoms with Crippen LogP contribution in [0.3, 0.4) is 0 Å². The first-order valence-electron chi connectivity index (χ1n) is 9.22. The Balaban J connectivity index is 1.93. The van der Waals surface area contributed by atoms with Gasteiger partial charge in [0.05, 0.1) is 7.11 Å². The van der Waals surface area contributed by atoms with E-state index in [-0.39, 0.29) is 16.6 Å². The summed E-state index contributed by atoms with van der Waals surface area (Å²) in [5, 5.41) is 3.21. The summed E-state index contributed by atoms with van der Waals surface area (Å²) in [6.45, 7) is 3.78. The van der Waals surface area contributed by atoms with Gasteiger partial charge in [-0.1, -0.05) is 12.8 Å². The van der Waals surface area contributed by atoms with Crippen LogP contribution in [0.2, 0.25) is 0 Å². The third-order valence-electron chi connectivity index (χ3n) is 5.00. The Morgan fingerprint density at radius 3 is 2.31 bits per heavy atom. The number of nitrogens with zero attached hydrogens (tertiary/aromatic N) is 2. The normalized spacial score (nSPS) is 19.8. The third-order valence-corrected chi connectivity index (χ3v) is 6.92. The molecule has 7 nitrogen and oxygen atoms in total. The van der Waals surface area contributed by atoms with Crippen molar-refractivity contribution in [3.8, 4) is 5.75 Å². The molecule has 0 aromatic heterocycles. The summed E-state index contributed by atoms with van der Waals surface area (Å²) in [4.78, 5) is 14.6. The van der Waals surface area contributed by atoms with E-state index in [2.05, 4.69) is 5.32 Å². The molecule has 2 aliphatic heterocycles. The van der Waals surface area contributed by atoms with E-state index in [1.165, 1.54) is 17.5 Å². The van der Waals surface area contributed by atoms with Gasteiger partial charge in [-0.2, -0.15) is 4.31 Å². The summed E-state index contributed by atoms with van der Waals surface area (Å²) < 4.78 is 33.2. The zero-order valence-electron chi connectivity index (χ0n) is 15.2. The molecule has 8 heteroatoms. The standard InChI is InChI=1S/C18H27N3O4S/c1-25-16-7-6-15(18(22)20-12-8-19-9-13-20)14-17(16)26(23,24)21-10-4-2-3-5-11-21/h6-7,14,19H,2-5,8-13H2,1H3. The number of ether oxygens (including phenoxy) is 1. The highest BCUT2D eigenvalue weighted by molar-refractivity contribution is 7.89. The number of nitrogens with one attached hydrogen (secondary N) is 1. The zero-order chi connectivity index (χ0) is 18.6.